The zero-order valence-corrected chi connectivity index (χ0v) is 10.5. The number of aromatic nitrogens is 2. The van der Waals surface area contributed by atoms with Crippen LogP contribution in [0.1, 0.15) is 37.3 Å². The van der Waals surface area contributed by atoms with Crippen LogP contribution >= 0.6 is 0 Å². The first-order valence-electron chi connectivity index (χ1n) is 6.04. The van der Waals surface area contributed by atoms with Crippen LogP contribution in [-0.4, -0.2) is 14.9 Å². The summed E-state index contributed by atoms with van der Waals surface area (Å²) in [5.74, 6) is -0.296. The lowest BCUT2D eigenvalue weighted by atomic mass is 10.1. The molecular weight excluding hydrogens is 231 g/mol. The van der Waals surface area contributed by atoms with E-state index in [4.69, 9.17) is 0 Å². The number of nitrogens with zero attached hydrogens (tertiary/aromatic N) is 2. The van der Waals surface area contributed by atoms with Crippen molar-refractivity contribution >= 4 is 0 Å². The zero-order chi connectivity index (χ0) is 13.1. The van der Waals surface area contributed by atoms with Gasteiger partial charge in [0.25, 0.3) is 0 Å². The van der Waals surface area contributed by atoms with Gasteiger partial charge >= 0.3 is 0 Å². The van der Waals surface area contributed by atoms with Crippen molar-refractivity contribution in [1.29, 1.82) is 0 Å². The van der Waals surface area contributed by atoms with Gasteiger partial charge in [-0.15, -0.1) is 0 Å². The minimum absolute atomic E-state index is 0.296. The average Bonchev–Trinajstić information content (AvgIpc) is 2.78. The fraction of sp³-hybridized carbons (Fsp3) is 0.357. The molecule has 2 rings (SSSR count). The third-order valence-electron chi connectivity index (χ3n) is 2.85. The largest absolute Gasteiger partial charge is 0.388 e. The number of hydrogen-bond donors (Lipinski definition) is 1. The molecule has 1 aromatic heterocycles. The van der Waals surface area contributed by atoms with Gasteiger partial charge in [-0.3, -0.25) is 4.68 Å². The third-order valence-corrected chi connectivity index (χ3v) is 2.85. The molecule has 1 N–H and O–H groups in total. The molecule has 0 radical (unpaired) electrons. The van der Waals surface area contributed by atoms with Crippen molar-refractivity contribution in [3.8, 4) is 0 Å². The Morgan fingerprint density at radius 3 is 2.44 bits per heavy atom. The Balaban J connectivity index is 2.06. The van der Waals surface area contributed by atoms with Crippen molar-refractivity contribution in [3.63, 3.8) is 0 Å². The molecule has 1 atom stereocenters. The molecule has 18 heavy (non-hydrogen) atoms. The number of benzene rings is 1. The average molecular weight is 248 g/mol. The Morgan fingerprint density at radius 1 is 1.22 bits per heavy atom. The molecule has 0 aliphatic carbocycles. The molecule has 0 saturated heterocycles. The van der Waals surface area contributed by atoms with Crippen molar-refractivity contribution in [2.75, 3.05) is 0 Å². The van der Waals surface area contributed by atoms with Gasteiger partial charge in [-0.05, 0) is 37.6 Å². The molecule has 4 heteroatoms. The van der Waals surface area contributed by atoms with Gasteiger partial charge in [-0.2, -0.15) is 5.10 Å². The summed E-state index contributed by atoms with van der Waals surface area (Å²) in [7, 11) is 0. The van der Waals surface area contributed by atoms with Gasteiger partial charge in [0, 0.05) is 18.7 Å². The summed E-state index contributed by atoms with van der Waals surface area (Å²) in [5, 5.41) is 14.4. The Hall–Kier alpha value is -1.68. The first kappa shape index (κ1) is 12.8. The maximum absolute atomic E-state index is 12.8. The molecular formula is C14H17FN2O. The summed E-state index contributed by atoms with van der Waals surface area (Å²) < 4.78 is 14.6. The van der Waals surface area contributed by atoms with Crippen molar-refractivity contribution in [2.24, 2.45) is 0 Å². The summed E-state index contributed by atoms with van der Waals surface area (Å²) in [6.07, 6.45) is 1.68. The number of aliphatic hydroxyl groups is 1. The third kappa shape index (κ3) is 2.96. The molecule has 96 valence electrons. The summed E-state index contributed by atoms with van der Waals surface area (Å²) in [6.45, 7) is 4.10. The van der Waals surface area contributed by atoms with Crippen molar-refractivity contribution in [1.82, 2.24) is 9.78 Å². The van der Waals surface area contributed by atoms with Crippen molar-refractivity contribution in [3.05, 3.63) is 53.6 Å². The summed E-state index contributed by atoms with van der Waals surface area (Å²) in [4.78, 5) is 0. The lowest BCUT2D eigenvalue weighted by Gasteiger charge is -2.09. The second-order valence-electron chi connectivity index (χ2n) is 4.65. The topological polar surface area (TPSA) is 38.0 Å². The predicted octanol–water partition coefficient (Wildman–Crippen LogP) is 2.88. The normalized spacial score (nSPS) is 12.9. The molecule has 2 aromatic rings. The molecule has 0 fully saturated rings. The molecule has 0 aliphatic heterocycles. The first-order valence-corrected chi connectivity index (χ1v) is 6.04. The van der Waals surface area contributed by atoms with Crippen LogP contribution in [0.25, 0.3) is 0 Å². The number of hydrogen-bond acceptors (Lipinski definition) is 2. The lowest BCUT2D eigenvalue weighted by molar-refractivity contribution is 0.176. The van der Waals surface area contributed by atoms with Crippen LogP contribution in [-0.2, 0) is 6.42 Å². The molecule has 0 bridgehead atoms. The van der Waals surface area contributed by atoms with Crippen molar-refractivity contribution in [2.45, 2.75) is 32.4 Å². The van der Waals surface area contributed by atoms with Gasteiger partial charge in [0.2, 0.25) is 0 Å². The van der Waals surface area contributed by atoms with Crippen LogP contribution in [0.2, 0.25) is 0 Å². The highest BCUT2D eigenvalue weighted by molar-refractivity contribution is 5.20. The molecule has 0 aliphatic rings. The van der Waals surface area contributed by atoms with E-state index in [0.717, 1.165) is 5.69 Å². The van der Waals surface area contributed by atoms with E-state index in [-0.39, 0.29) is 5.82 Å². The van der Waals surface area contributed by atoms with Gasteiger partial charge in [-0.1, -0.05) is 12.1 Å². The highest BCUT2D eigenvalue weighted by atomic mass is 19.1. The smallest absolute Gasteiger partial charge is 0.123 e. The maximum Gasteiger partial charge on any atom is 0.123 e. The van der Waals surface area contributed by atoms with Crippen molar-refractivity contribution < 1.29 is 9.50 Å². The van der Waals surface area contributed by atoms with Gasteiger partial charge in [-0.25, -0.2) is 4.39 Å². The number of halogens is 1. The SMILES string of the molecule is CC(C)n1ccc(CC(O)c2ccc(F)cc2)n1. The highest BCUT2D eigenvalue weighted by Gasteiger charge is 2.11. The minimum Gasteiger partial charge on any atom is -0.388 e. The lowest BCUT2D eigenvalue weighted by Crippen LogP contribution is -2.05. The van der Waals surface area contributed by atoms with Crippen LogP contribution < -0.4 is 0 Å². The van der Waals surface area contributed by atoms with E-state index in [2.05, 4.69) is 5.10 Å². The van der Waals surface area contributed by atoms with Gasteiger partial charge in [0.15, 0.2) is 0 Å². The molecule has 1 aromatic carbocycles. The monoisotopic (exact) mass is 248 g/mol. The summed E-state index contributed by atoms with van der Waals surface area (Å²) >= 11 is 0. The van der Waals surface area contributed by atoms with Crippen LogP contribution in [0.4, 0.5) is 4.39 Å². The van der Waals surface area contributed by atoms with Crippen LogP contribution in [0.5, 0.6) is 0 Å². The molecule has 0 spiro atoms. The highest BCUT2D eigenvalue weighted by Crippen LogP contribution is 2.18. The molecule has 1 heterocycles. The van der Waals surface area contributed by atoms with E-state index in [0.29, 0.717) is 18.0 Å². The van der Waals surface area contributed by atoms with E-state index in [1.165, 1.54) is 12.1 Å². The van der Waals surface area contributed by atoms with Crippen LogP contribution in [0, 0.1) is 5.82 Å². The summed E-state index contributed by atoms with van der Waals surface area (Å²) in [5.41, 5.74) is 1.54. The first-order chi connectivity index (χ1) is 8.56. The van der Waals surface area contributed by atoms with Gasteiger partial charge < -0.3 is 5.11 Å². The van der Waals surface area contributed by atoms with E-state index < -0.39 is 6.10 Å². The second kappa shape index (κ2) is 5.31. The van der Waals surface area contributed by atoms with E-state index in [9.17, 15) is 9.50 Å². The summed E-state index contributed by atoms with van der Waals surface area (Å²) in [6, 6.07) is 8.10. The van der Waals surface area contributed by atoms with Gasteiger partial charge in [0.1, 0.15) is 5.82 Å². The van der Waals surface area contributed by atoms with Crippen LogP contribution in [0.3, 0.4) is 0 Å². The molecule has 3 nitrogen and oxygen atoms in total. The second-order valence-corrected chi connectivity index (χ2v) is 4.65. The predicted molar refractivity (Wildman–Crippen MR) is 67.7 cm³/mol. The Labute approximate surface area is 106 Å². The molecule has 0 amide bonds. The quantitative estimate of drug-likeness (QED) is 0.903. The number of aliphatic hydroxyl groups excluding tert-OH is 1. The molecule has 1 unspecified atom stereocenters. The maximum atomic E-state index is 12.8. The number of rotatable bonds is 4. The Morgan fingerprint density at radius 2 is 1.89 bits per heavy atom. The fourth-order valence-electron chi connectivity index (χ4n) is 1.77. The van der Waals surface area contributed by atoms with Gasteiger partial charge in [0.05, 0.1) is 11.8 Å². The standard InChI is InChI=1S/C14H17FN2O/c1-10(2)17-8-7-13(16-17)9-14(18)11-3-5-12(15)6-4-11/h3-8,10,14,18H,9H2,1-2H3. The van der Waals surface area contributed by atoms with E-state index in [1.54, 1.807) is 12.1 Å². The van der Waals surface area contributed by atoms with E-state index in [1.807, 2.05) is 30.8 Å². The van der Waals surface area contributed by atoms with Crippen LogP contribution in [0.15, 0.2) is 36.5 Å². The Bertz CT molecular complexity index is 505. The minimum atomic E-state index is -0.652. The Kier molecular flexibility index (Phi) is 3.77. The molecule has 0 saturated carbocycles. The fourth-order valence-corrected chi connectivity index (χ4v) is 1.77. The zero-order valence-electron chi connectivity index (χ0n) is 10.5. The van der Waals surface area contributed by atoms with E-state index >= 15 is 0 Å².